The monoisotopic (exact) mass is 401 g/mol. The van der Waals surface area contributed by atoms with E-state index in [9.17, 15) is 14.7 Å². The first-order chi connectivity index (χ1) is 14.6. The van der Waals surface area contributed by atoms with Gasteiger partial charge < -0.3 is 9.84 Å². The van der Waals surface area contributed by atoms with E-state index in [1.165, 1.54) is 0 Å². The molecule has 0 aromatic heterocycles. The van der Waals surface area contributed by atoms with Crippen molar-refractivity contribution in [2.24, 2.45) is 4.99 Å². The molecule has 1 aliphatic carbocycles. The maximum atomic E-state index is 13.3. The van der Waals surface area contributed by atoms with Crippen LogP contribution < -0.4 is 0 Å². The van der Waals surface area contributed by atoms with E-state index in [-0.39, 0.29) is 25.0 Å². The molecule has 0 saturated heterocycles. The molecule has 5 heteroatoms. The molecule has 3 aromatic rings. The third-order valence-electron chi connectivity index (χ3n) is 5.44. The molecule has 152 valence electrons. The number of ketones is 1. The number of carbonyl (C=O) groups excluding carboxylic acids is 2. The largest absolute Gasteiger partial charge is 0.462 e. The first kappa shape index (κ1) is 20.0. The zero-order valence-corrected chi connectivity index (χ0v) is 17.1. The highest BCUT2D eigenvalue weighted by molar-refractivity contribution is 6.59. The number of Topliss-reactive ketones (excluding diaryl/α,β-unsaturated/α-hetero) is 1. The van der Waals surface area contributed by atoms with Crippen molar-refractivity contribution in [1.29, 1.82) is 0 Å². The summed E-state index contributed by atoms with van der Waals surface area (Å²) < 4.78 is 5.25. The van der Waals surface area contributed by atoms with Crippen LogP contribution in [-0.4, -0.2) is 35.8 Å². The fourth-order valence-electron chi connectivity index (χ4n) is 4.06. The second-order valence-electron chi connectivity index (χ2n) is 7.15. The second-order valence-corrected chi connectivity index (χ2v) is 7.15. The molecule has 0 radical (unpaired) electrons. The minimum absolute atomic E-state index is 0.00831. The lowest BCUT2D eigenvalue weighted by atomic mass is 9.94. The molecule has 1 N–H and O–H groups in total. The Labute approximate surface area is 175 Å². The summed E-state index contributed by atoms with van der Waals surface area (Å²) in [6.07, 6.45) is 1.19. The normalized spacial score (nSPS) is 14.0. The minimum Gasteiger partial charge on any atom is -0.462 e. The van der Waals surface area contributed by atoms with Gasteiger partial charge in [0.05, 0.1) is 17.9 Å². The zero-order chi connectivity index (χ0) is 21.3. The van der Waals surface area contributed by atoms with Gasteiger partial charge in [0, 0.05) is 28.5 Å². The van der Waals surface area contributed by atoms with Gasteiger partial charge in [0.15, 0.2) is 0 Å². The molecule has 3 aromatic carbocycles. The van der Waals surface area contributed by atoms with Crippen LogP contribution in [-0.2, 0) is 17.6 Å². The van der Waals surface area contributed by atoms with Gasteiger partial charge in [-0.1, -0.05) is 43.3 Å². The molecule has 0 fully saturated rings. The number of benzene rings is 3. The molecule has 0 atom stereocenters. The Morgan fingerprint density at radius 2 is 1.73 bits per heavy atom. The number of carbonyl (C=O) groups is 2. The summed E-state index contributed by atoms with van der Waals surface area (Å²) in [6.45, 7) is 4.09. The molecule has 5 nitrogen and oxygen atoms in total. The van der Waals surface area contributed by atoms with Crippen LogP contribution in [0.25, 0.3) is 10.8 Å². The summed E-state index contributed by atoms with van der Waals surface area (Å²) >= 11 is 0. The first-order valence-corrected chi connectivity index (χ1v) is 10.2. The van der Waals surface area contributed by atoms with Crippen molar-refractivity contribution in [1.82, 2.24) is 0 Å². The molecule has 0 unspecified atom stereocenters. The lowest BCUT2D eigenvalue weighted by Crippen LogP contribution is -2.09. The van der Waals surface area contributed by atoms with Crippen LogP contribution in [0.4, 0.5) is 5.69 Å². The minimum atomic E-state index is -0.387. The number of aryl methyl sites for hydroxylation is 1. The summed E-state index contributed by atoms with van der Waals surface area (Å²) in [4.78, 5) is 30.5. The van der Waals surface area contributed by atoms with Crippen LogP contribution in [0.5, 0.6) is 0 Å². The standard InChI is InChI=1S/C25H23NO4/c1-3-15-9-10-18-22-17(11-12-19(21(15)22)25(29)30-4-2)23(24(18)28)26-20-8-6-5-7-16(20)13-14-27/h5-12,27H,3-4,13-14H2,1-2H3. The van der Waals surface area contributed by atoms with Crippen LogP contribution >= 0.6 is 0 Å². The molecule has 0 saturated carbocycles. The van der Waals surface area contributed by atoms with Crippen molar-refractivity contribution in [2.75, 3.05) is 13.2 Å². The van der Waals surface area contributed by atoms with Crippen molar-refractivity contribution in [2.45, 2.75) is 26.7 Å². The lowest BCUT2D eigenvalue weighted by molar-refractivity contribution is 0.0528. The summed E-state index contributed by atoms with van der Waals surface area (Å²) in [7, 11) is 0. The smallest absolute Gasteiger partial charge is 0.338 e. The maximum absolute atomic E-state index is 13.3. The summed E-state index contributed by atoms with van der Waals surface area (Å²) in [6, 6.07) is 14.7. The molecule has 0 heterocycles. The number of ether oxygens (including phenoxy) is 1. The van der Waals surface area contributed by atoms with Crippen molar-refractivity contribution >= 4 is 33.9 Å². The number of esters is 1. The van der Waals surface area contributed by atoms with Crippen LogP contribution in [0.1, 0.15) is 51.3 Å². The predicted molar refractivity (Wildman–Crippen MR) is 117 cm³/mol. The Kier molecular flexibility index (Phi) is 5.46. The SMILES string of the molecule is CCOC(=O)c1ccc2c3c(ccc(CC)c13)C(=O)C2=Nc1ccccc1CCO. The predicted octanol–water partition coefficient (Wildman–Crippen LogP) is 4.43. The maximum Gasteiger partial charge on any atom is 0.338 e. The average Bonchev–Trinajstić information content (AvgIpc) is 3.03. The molecule has 4 rings (SSSR count). The van der Waals surface area contributed by atoms with Crippen LogP contribution in [0.2, 0.25) is 0 Å². The Morgan fingerprint density at radius 3 is 2.47 bits per heavy atom. The Bertz CT molecular complexity index is 1190. The van der Waals surface area contributed by atoms with Crippen molar-refractivity contribution in [3.63, 3.8) is 0 Å². The number of aliphatic hydroxyl groups excluding tert-OH is 1. The highest BCUT2D eigenvalue weighted by atomic mass is 16.5. The number of para-hydroxylation sites is 1. The van der Waals surface area contributed by atoms with E-state index < -0.39 is 0 Å². The molecule has 0 amide bonds. The number of rotatable bonds is 6. The van der Waals surface area contributed by atoms with E-state index in [0.29, 0.717) is 28.9 Å². The van der Waals surface area contributed by atoms with Gasteiger partial charge >= 0.3 is 5.97 Å². The highest BCUT2D eigenvalue weighted by Gasteiger charge is 2.32. The molecular weight excluding hydrogens is 378 g/mol. The third-order valence-corrected chi connectivity index (χ3v) is 5.44. The van der Waals surface area contributed by atoms with Gasteiger partial charge in [-0.15, -0.1) is 0 Å². The fourth-order valence-corrected chi connectivity index (χ4v) is 4.06. The van der Waals surface area contributed by atoms with Crippen LogP contribution in [0, 0.1) is 0 Å². The van der Waals surface area contributed by atoms with Crippen molar-refractivity contribution < 1.29 is 19.4 Å². The van der Waals surface area contributed by atoms with Gasteiger partial charge in [-0.3, -0.25) is 4.79 Å². The molecular formula is C25H23NO4. The molecule has 0 bridgehead atoms. The first-order valence-electron chi connectivity index (χ1n) is 10.2. The third kappa shape index (κ3) is 3.21. The molecule has 0 aliphatic heterocycles. The van der Waals surface area contributed by atoms with E-state index in [1.807, 2.05) is 43.3 Å². The molecule has 30 heavy (non-hydrogen) atoms. The van der Waals surface area contributed by atoms with Gasteiger partial charge in [-0.2, -0.15) is 0 Å². The molecule has 1 aliphatic rings. The zero-order valence-electron chi connectivity index (χ0n) is 17.1. The summed E-state index contributed by atoms with van der Waals surface area (Å²) in [5, 5.41) is 10.9. The van der Waals surface area contributed by atoms with Gasteiger partial charge in [-0.25, -0.2) is 9.79 Å². The van der Waals surface area contributed by atoms with E-state index in [4.69, 9.17) is 9.73 Å². The second kappa shape index (κ2) is 8.20. The van der Waals surface area contributed by atoms with Gasteiger partial charge in [0.1, 0.15) is 5.71 Å². The fraction of sp³-hybridized carbons (Fsp3) is 0.240. The van der Waals surface area contributed by atoms with E-state index in [0.717, 1.165) is 33.9 Å². The van der Waals surface area contributed by atoms with E-state index >= 15 is 0 Å². The summed E-state index contributed by atoms with van der Waals surface area (Å²) in [5.41, 5.74) is 4.67. The van der Waals surface area contributed by atoms with Gasteiger partial charge in [-0.05, 0) is 43.0 Å². The Balaban J connectivity index is 1.96. The number of aliphatic hydroxyl groups is 1. The van der Waals surface area contributed by atoms with Gasteiger partial charge in [0.2, 0.25) is 5.78 Å². The quantitative estimate of drug-likeness (QED) is 0.620. The topological polar surface area (TPSA) is 76.0 Å². The number of aliphatic imine (C=N–C) groups is 1. The Hall–Kier alpha value is -3.31. The van der Waals surface area contributed by atoms with E-state index in [2.05, 4.69) is 0 Å². The van der Waals surface area contributed by atoms with Gasteiger partial charge in [0.25, 0.3) is 0 Å². The number of hydrogen-bond acceptors (Lipinski definition) is 5. The summed E-state index contributed by atoms with van der Waals surface area (Å²) in [5.74, 6) is -0.542. The van der Waals surface area contributed by atoms with Crippen LogP contribution in [0.15, 0.2) is 53.5 Å². The van der Waals surface area contributed by atoms with Crippen molar-refractivity contribution in [3.8, 4) is 0 Å². The van der Waals surface area contributed by atoms with Crippen molar-refractivity contribution in [3.05, 3.63) is 76.3 Å². The lowest BCUT2D eigenvalue weighted by Gasteiger charge is -2.11. The molecule has 0 spiro atoms. The number of hydrogen-bond donors (Lipinski definition) is 1. The van der Waals surface area contributed by atoms with Crippen LogP contribution in [0.3, 0.4) is 0 Å². The Morgan fingerprint density at radius 1 is 0.967 bits per heavy atom. The van der Waals surface area contributed by atoms with E-state index in [1.54, 1.807) is 19.1 Å². The average molecular weight is 401 g/mol. The number of nitrogens with zero attached hydrogens (tertiary/aromatic N) is 1. The highest BCUT2D eigenvalue weighted by Crippen LogP contribution is 2.37.